The number of methoxy groups -OCH3 is 1. The van der Waals surface area contributed by atoms with Gasteiger partial charge in [0.05, 0.1) is 18.5 Å². The van der Waals surface area contributed by atoms with Gasteiger partial charge in [0, 0.05) is 12.1 Å². The zero-order valence-corrected chi connectivity index (χ0v) is 9.50. The average molecular weight is 206 g/mol. The predicted molar refractivity (Wildman–Crippen MR) is 63.2 cm³/mol. The molecule has 1 aromatic carbocycles. The third kappa shape index (κ3) is 2.01. The first-order chi connectivity index (χ1) is 7.03. The van der Waals surface area contributed by atoms with Crippen LogP contribution in [0.5, 0.6) is 5.75 Å². The van der Waals surface area contributed by atoms with Gasteiger partial charge in [-0.05, 0) is 24.0 Å². The van der Waals surface area contributed by atoms with Crippen LogP contribution in [-0.2, 0) is 0 Å². The van der Waals surface area contributed by atoms with Gasteiger partial charge in [0.2, 0.25) is 0 Å². The zero-order valence-electron chi connectivity index (χ0n) is 9.50. The van der Waals surface area contributed by atoms with E-state index in [2.05, 4.69) is 19.2 Å². The Hall–Kier alpha value is -1.38. The molecule has 1 saturated carbocycles. The van der Waals surface area contributed by atoms with Crippen molar-refractivity contribution >= 4 is 11.4 Å². The highest BCUT2D eigenvalue weighted by Gasteiger charge is 2.45. The molecule has 1 atom stereocenters. The summed E-state index contributed by atoms with van der Waals surface area (Å²) in [6, 6.07) is 6.29. The molecule has 0 aromatic heterocycles. The molecule has 0 aliphatic heterocycles. The van der Waals surface area contributed by atoms with Crippen molar-refractivity contribution < 1.29 is 4.74 Å². The second kappa shape index (κ2) is 3.33. The summed E-state index contributed by atoms with van der Waals surface area (Å²) >= 11 is 0. The molecule has 3 nitrogen and oxygen atoms in total. The zero-order chi connectivity index (χ0) is 11.1. The third-order valence-corrected chi connectivity index (χ3v) is 3.10. The minimum absolute atomic E-state index is 0.409. The molecule has 1 unspecified atom stereocenters. The molecule has 1 aliphatic carbocycles. The van der Waals surface area contributed by atoms with E-state index in [1.54, 1.807) is 7.11 Å². The standard InChI is InChI=1S/C12H18N2O/c1-12(2)7-11(12)14-10-5-4-8(15-3)6-9(10)13/h4-6,11,14H,7,13H2,1-3H3. The number of nitrogen functional groups attached to an aromatic ring is 1. The van der Waals surface area contributed by atoms with Crippen molar-refractivity contribution in [3.05, 3.63) is 18.2 Å². The molecule has 3 N–H and O–H groups in total. The van der Waals surface area contributed by atoms with Crippen molar-refractivity contribution in [2.24, 2.45) is 5.41 Å². The molecule has 1 aromatic rings. The Morgan fingerprint density at radius 3 is 2.60 bits per heavy atom. The average Bonchev–Trinajstić information content (AvgIpc) is 2.77. The van der Waals surface area contributed by atoms with Crippen LogP contribution in [0.1, 0.15) is 20.3 Å². The van der Waals surface area contributed by atoms with Crippen LogP contribution in [0.15, 0.2) is 18.2 Å². The van der Waals surface area contributed by atoms with Gasteiger partial charge in [-0.1, -0.05) is 13.8 Å². The van der Waals surface area contributed by atoms with E-state index in [0.717, 1.165) is 17.1 Å². The number of nitrogens with two attached hydrogens (primary N) is 1. The second-order valence-corrected chi connectivity index (χ2v) is 4.84. The SMILES string of the molecule is COc1ccc(NC2CC2(C)C)c(N)c1. The van der Waals surface area contributed by atoms with Gasteiger partial charge in [0.15, 0.2) is 0 Å². The van der Waals surface area contributed by atoms with Gasteiger partial charge in [0.25, 0.3) is 0 Å². The van der Waals surface area contributed by atoms with E-state index in [1.807, 2.05) is 18.2 Å². The maximum atomic E-state index is 5.92. The van der Waals surface area contributed by atoms with Crippen molar-refractivity contribution in [2.75, 3.05) is 18.2 Å². The molecule has 0 bridgehead atoms. The second-order valence-electron chi connectivity index (χ2n) is 4.84. The molecule has 82 valence electrons. The summed E-state index contributed by atoms with van der Waals surface area (Å²) in [6.45, 7) is 4.51. The lowest BCUT2D eigenvalue weighted by atomic mass is 10.2. The molecular weight excluding hydrogens is 188 g/mol. The van der Waals surface area contributed by atoms with Crippen LogP contribution in [-0.4, -0.2) is 13.2 Å². The molecule has 1 aliphatic rings. The molecule has 0 saturated heterocycles. The summed E-state index contributed by atoms with van der Waals surface area (Å²) in [5.41, 5.74) is 8.08. The van der Waals surface area contributed by atoms with Crippen molar-refractivity contribution in [1.29, 1.82) is 0 Å². The summed E-state index contributed by atoms with van der Waals surface area (Å²) in [7, 11) is 1.64. The quantitative estimate of drug-likeness (QED) is 0.747. The van der Waals surface area contributed by atoms with Crippen molar-refractivity contribution in [1.82, 2.24) is 0 Å². The number of benzene rings is 1. The van der Waals surface area contributed by atoms with Gasteiger partial charge in [-0.25, -0.2) is 0 Å². The van der Waals surface area contributed by atoms with E-state index in [4.69, 9.17) is 10.5 Å². The van der Waals surface area contributed by atoms with Crippen LogP contribution >= 0.6 is 0 Å². The van der Waals surface area contributed by atoms with Crippen LogP contribution in [0.2, 0.25) is 0 Å². The van der Waals surface area contributed by atoms with Gasteiger partial charge in [-0.2, -0.15) is 0 Å². The van der Waals surface area contributed by atoms with E-state index in [0.29, 0.717) is 11.5 Å². The number of hydrogen-bond donors (Lipinski definition) is 2. The topological polar surface area (TPSA) is 47.3 Å². The normalized spacial score (nSPS) is 22.2. The van der Waals surface area contributed by atoms with Crippen LogP contribution in [0.3, 0.4) is 0 Å². The number of anilines is 2. The first kappa shape index (κ1) is 10.1. The highest BCUT2D eigenvalue weighted by molar-refractivity contribution is 5.69. The summed E-state index contributed by atoms with van der Waals surface area (Å²) < 4.78 is 5.10. The van der Waals surface area contributed by atoms with Crippen LogP contribution in [0.25, 0.3) is 0 Å². The maximum absolute atomic E-state index is 5.92. The third-order valence-electron chi connectivity index (χ3n) is 3.10. The minimum Gasteiger partial charge on any atom is -0.497 e. The number of hydrogen-bond acceptors (Lipinski definition) is 3. The lowest BCUT2D eigenvalue weighted by Gasteiger charge is -2.11. The molecule has 0 radical (unpaired) electrons. The van der Waals surface area contributed by atoms with Gasteiger partial charge in [-0.15, -0.1) is 0 Å². The Morgan fingerprint density at radius 2 is 2.13 bits per heavy atom. The number of rotatable bonds is 3. The smallest absolute Gasteiger partial charge is 0.121 e. The first-order valence-electron chi connectivity index (χ1n) is 5.23. The molecule has 1 fully saturated rings. The summed E-state index contributed by atoms with van der Waals surface area (Å²) in [5, 5.41) is 3.45. The highest BCUT2D eigenvalue weighted by Crippen LogP contribution is 2.47. The van der Waals surface area contributed by atoms with E-state index in [9.17, 15) is 0 Å². The molecular formula is C12H18N2O. The highest BCUT2D eigenvalue weighted by atomic mass is 16.5. The fourth-order valence-corrected chi connectivity index (χ4v) is 1.70. The summed E-state index contributed by atoms with van der Waals surface area (Å²) in [5.74, 6) is 0.799. The number of ether oxygens (including phenoxy) is 1. The summed E-state index contributed by atoms with van der Waals surface area (Å²) in [4.78, 5) is 0. The van der Waals surface area contributed by atoms with Gasteiger partial charge >= 0.3 is 0 Å². The Bertz CT molecular complexity index is 374. The van der Waals surface area contributed by atoms with Crippen LogP contribution in [0, 0.1) is 5.41 Å². The lowest BCUT2D eigenvalue weighted by Crippen LogP contribution is -2.09. The molecule has 15 heavy (non-hydrogen) atoms. The first-order valence-corrected chi connectivity index (χ1v) is 5.23. The molecule has 3 heteroatoms. The van der Waals surface area contributed by atoms with Gasteiger partial charge in [0.1, 0.15) is 5.75 Å². The molecule has 0 spiro atoms. The fraction of sp³-hybridized carbons (Fsp3) is 0.500. The monoisotopic (exact) mass is 206 g/mol. The fourth-order valence-electron chi connectivity index (χ4n) is 1.70. The van der Waals surface area contributed by atoms with E-state index in [-0.39, 0.29) is 0 Å². The van der Waals surface area contributed by atoms with Gasteiger partial charge in [-0.3, -0.25) is 0 Å². The summed E-state index contributed by atoms with van der Waals surface area (Å²) in [6.07, 6.45) is 1.21. The Balaban J connectivity index is 2.09. The van der Waals surface area contributed by atoms with Crippen LogP contribution < -0.4 is 15.8 Å². The Kier molecular flexibility index (Phi) is 2.25. The van der Waals surface area contributed by atoms with Crippen molar-refractivity contribution in [3.8, 4) is 5.75 Å². The number of nitrogens with one attached hydrogen (secondary N) is 1. The minimum atomic E-state index is 0.409. The van der Waals surface area contributed by atoms with Crippen LogP contribution in [0.4, 0.5) is 11.4 Å². The molecule has 0 heterocycles. The Labute approximate surface area is 90.6 Å². The van der Waals surface area contributed by atoms with E-state index >= 15 is 0 Å². The predicted octanol–water partition coefficient (Wildman–Crippen LogP) is 2.49. The Morgan fingerprint density at radius 1 is 1.47 bits per heavy atom. The van der Waals surface area contributed by atoms with Crippen molar-refractivity contribution in [2.45, 2.75) is 26.3 Å². The van der Waals surface area contributed by atoms with Crippen molar-refractivity contribution in [3.63, 3.8) is 0 Å². The van der Waals surface area contributed by atoms with Gasteiger partial charge < -0.3 is 15.8 Å². The lowest BCUT2D eigenvalue weighted by molar-refractivity contribution is 0.415. The molecule has 2 rings (SSSR count). The van der Waals surface area contributed by atoms with E-state index in [1.165, 1.54) is 6.42 Å². The maximum Gasteiger partial charge on any atom is 0.121 e. The largest absolute Gasteiger partial charge is 0.497 e. The van der Waals surface area contributed by atoms with E-state index < -0.39 is 0 Å². The molecule has 0 amide bonds.